The number of hydrogen-bond acceptors (Lipinski definition) is 3. The second-order valence-electron chi connectivity index (χ2n) is 7.21. The Hall–Kier alpha value is -1.64. The van der Waals surface area contributed by atoms with Crippen molar-refractivity contribution in [3.8, 4) is 0 Å². The highest BCUT2D eigenvalue weighted by molar-refractivity contribution is 6.05. The zero-order valence-electron chi connectivity index (χ0n) is 13.7. The smallest absolute Gasteiger partial charge is 0.144 e. The molecule has 1 aliphatic carbocycles. The molecule has 1 aromatic rings. The highest BCUT2D eigenvalue weighted by Gasteiger charge is 2.39. The van der Waals surface area contributed by atoms with Crippen LogP contribution in [0.25, 0.3) is 0 Å². The van der Waals surface area contributed by atoms with Gasteiger partial charge in [-0.15, -0.1) is 0 Å². The van der Waals surface area contributed by atoms with E-state index in [1.807, 2.05) is 47.0 Å². The van der Waals surface area contributed by atoms with Crippen LogP contribution in [0.1, 0.15) is 37.8 Å². The molecule has 0 aromatic heterocycles. The first-order valence-corrected chi connectivity index (χ1v) is 7.52. The average molecular weight is 287 g/mol. The predicted octanol–water partition coefficient (Wildman–Crippen LogP) is 3.18. The Morgan fingerprint density at radius 2 is 1.71 bits per heavy atom. The number of ketones is 2. The van der Waals surface area contributed by atoms with E-state index in [-0.39, 0.29) is 17.0 Å². The minimum atomic E-state index is -0.443. The quantitative estimate of drug-likeness (QED) is 0.801. The standard InChI is InChI=1S/C18H25NO2/c1-12-8-14(19(4)5)7-6-13(12)9-15-16(20)10-18(2,3)11-17(15)21/h6-8,15H,9-11H2,1-5H3. The van der Waals surface area contributed by atoms with Gasteiger partial charge in [-0.05, 0) is 42.0 Å². The zero-order valence-corrected chi connectivity index (χ0v) is 13.7. The van der Waals surface area contributed by atoms with E-state index in [2.05, 4.69) is 11.0 Å². The van der Waals surface area contributed by atoms with E-state index in [4.69, 9.17) is 0 Å². The summed E-state index contributed by atoms with van der Waals surface area (Å²) in [5, 5.41) is 0. The van der Waals surface area contributed by atoms with Gasteiger partial charge in [-0.3, -0.25) is 9.59 Å². The molecule has 1 saturated carbocycles. The summed E-state index contributed by atoms with van der Waals surface area (Å²) < 4.78 is 0. The van der Waals surface area contributed by atoms with E-state index in [1.54, 1.807) is 0 Å². The van der Waals surface area contributed by atoms with E-state index < -0.39 is 5.92 Å². The van der Waals surface area contributed by atoms with Crippen molar-refractivity contribution in [3.63, 3.8) is 0 Å². The number of Topliss-reactive ketones (excluding diaryl/α,β-unsaturated/α-hetero) is 2. The maximum Gasteiger partial charge on any atom is 0.144 e. The summed E-state index contributed by atoms with van der Waals surface area (Å²) in [6.07, 6.45) is 1.57. The molecule has 0 amide bonds. The van der Waals surface area contributed by atoms with E-state index in [0.29, 0.717) is 19.3 Å². The molecule has 0 radical (unpaired) electrons. The van der Waals surface area contributed by atoms with Crippen LogP contribution in [0.5, 0.6) is 0 Å². The van der Waals surface area contributed by atoms with Gasteiger partial charge in [0, 0.05) is 32.6 Å². The lowest BCUT2D eigenvalue weighted by atomic mass is 9.70. The van der Waals surface area contributed by atoms with Crippen LogP contribution < -0.4 is 4.90 Å². The summed E-state index contributed by atoms with van der Waals surface area (Å²) in [6.45, 7) is 6.04. The molecular formula is C18H25NO2. The molecule has 0 saturated heterocycles. The minimum Gasteiger partial charge on any atom is -0.378 e. The molecule has 3 nitrogen and oxygen atoms in total. The van der Waals surface area contributed by atoms with Gasteiger partial charge in [0.15, 0.2) is 0 Å². The number of carbonyl (C=O) groups is 2. The zero-order chi connectivity index (χ0) is 15.8. The minimum absolute atomic E-state index is 0.104. The summed E-state index contributed by atoms with van der Waals surface area (Å²) in [5.41, 5.74) is 3.21. The fraction of sp³-hybridized carbons (Fsp3) is 0.556. The number of carbonyl (C=O) groups excluding carboxylic acids is 2. The number of rotatable bonds is 3. The summed E-state index contributed by atoms with van der Waals surface area (Å²) in [5.74, 6) is -0.235. The van der Waals surface area contributed by atoms with Crippen LogP contribution in [0.15, 0.2) is 18.2 Å². The van der Waals surface area contributed by atoms with Gasteiger partial charge in [-0.1, -0.05) is 19.9 Å². The maximum absolute atomic E-state index is 12.3. The normalized spacial score (nSPS) is 18.9. The van der Waals surface area contributed by atoms with Crippen LogP contribution in [0.4, 0.5) is 5.69 Å². The van der Waals surface area contributed by atoms with Gasteiger partial charge in [0.1, 0.15) is 11.6 Å². The molecule has 1 fully saturated rings. The van der Waals surface area contributed by atoms with E-state index in [9.17, 15) is 9.59 Å². The van der Waals surface area contributed by atoms with Crippen LogP contribution in [-0.2, 0) is 16.0 Å². The Kier molecular flexibility index (Phi) is 4.22. The van der Waals surface area contributed by atoms with Crippen molar-refractivity contribution in [2.75, 3.05) is 19.0 Å². The molecule has 3 heteroatoms. The molecule has 0 atom stereocenters. The number of nitrogens with zero attached hydrogens (tertiary/aromatic N) is 1. The number of aryl methyl sites for hydroxylation is 1. The van der Waals surface area contributed by atoms with Gasteiger partial charge in [0.05, 0.1) is 5.92 Å². The second-order valence-corrected chi connectivity index (χ2v) is 7.21. The van der Waals surface area contributed by atoms with Crippen LogP contribution >= 0.6 is 0 Å². The largest absolute Gasteiger partial charge is 0.378 e. The molecule has 0 unspecified atom stereocenters. The van der Waals surface area contributed by atoms with Crippen molar-refractivity contribution >= 4 is 17.3 Å². The molecule has 1 aliphatic rings. The van der Waals surface area contributed by atoms with E-state index in [0.717, 1.165) is 16.8 Å². The van der Waals surface area contributed by atoms with Gasteiger partial charge in [0.2, 0.25) is 0 Å². The van der Waals surface area contributed by atoms with Crippen LogP contribution in [0.3, 0.4) is 0 Å². The van der Waals surface area contributed by atoms with Gasteiger partial charge in [-0.2, -0.15) is 0 Å². The van der Waals surface area contributed by atoms with Crippen molar-refractivity contribution in [2.45, 2.75) is 40.0 Å². The van der Waals surface area contributed by atoms with Crippen LogP contribution in [-0.4, -0.2) is 25.7 Å². The van der Waals surface area contributed by atoms with Crippen molar-refractivity contribution in [1.29, 1.82) is 0 Å². The lowest BCUT2D eigenvalue weighted by molar-refractivity contribution is -0.139. The van der Waals surface area contributed by atoms with E-state index >= 15 is 0 Å². The monoisotopic (exact) mass is 287 g/mol. The second kappa shape index (κ2) is 5.63. The Morgan fingerprint density at radius 3 is 2.19 bits per heavy atom. The van der Waals surface area contributed by atoms with E-state index in [1.165, 1.54) is 0 Å². The van der Waals surface area contributed by atoms with Crippen molar-refractivity contribution in [3.05, 3.63) is 29.3 Å². The molecule has 0 N–H and O–H groups in total. The molecule has 0 aliphatic heterocycles. The maximum atomic E-state index is 12.3. The van der Waals surface area contributed by atoms with Crippen LogP contribution in [0, 0.1) is 18.3 Å². The number of hydrogen-bond donors (Lipinski definition) is 0. The summed E-state index contributed by atoms with van der Waals surface area (Å²) in [6, 6.07) is 6.20. The predicted molar refractivity (Wildman–Crippen MR) is 85.7 cm³/mol. The first kappa shape index (κ1) is 15.7. The molecule has 0 bridgehead atoms. The third-order valence-electron chi connectivity index (χ3n) is 4.35. The Morgan fingerprint density at radius 1 is 1.14 bits per heavy atom. The molecular weight excluding hydrogens is 262 g/mol. The van der Waals surface area contributed by atoms with Crippen molar-refractivity contribution in [1.82, 2.24) is 0 Å². The first-order valence-electron chi connectivity index (χ1n) is 7.52. The number of benzene rings is 1. The first-order chi connectivity index (χ1) is 9.69. The SMILES string of the molecule is Cc1cc(N(C)C)ccc1CC1C(=O)CC(C)(C)CC1=O. The Bertz CT molecular complexity index is 553. The van der Waals surface area contributed by atoms with Gasteiger partial charge in [-0.25, -0.2) is 0 Å². The lowest BCUT2D eigenvalue weighted by Gasteiger charge is -2.32. The molecule has 0 heterocycles. The molecule has 1 aromatic carbocycles. The summed E-state index contributed by atoms with van der Waals surface area (Å²) in [4.78, 5) is 26.6. The molecule has 0 spiro atoms. The third kappa shape index (κ3) is 3.52. The highest BCUT2D eigenvalue weighted by atomic mass is 16.2. The molecule has 114 valence electrons. The van der Waals surface area contributed by atoms with Gasteiger partial charge >= 0.3 is 0 Å². The number of anilines is 1. The fourth-order valence-corrected chi connectivity index (χ4v) is 3.07. The van der Waals surface area contributed by atoms with Gasteiger partial charge in [0.25, 0.3) is 0 Å². The Labute approximate surface area is 127 Å². The average Bonchev–Trinajstić information content (AvgIpc) is 2.33. The lowest BCUT2D eigenvalue weighted by Crippen LogP contribution is -2.38. The fourth-order valence-electron chi connectivity index (χ4n) is 3.07. The van der Waals surface area contributed by atoms with Crippen LogP contribution in [0.2, 0.25) is 0 Å². The third-order valence-corrected chi connectivity index (χ3v) is 4.35. The van der Waals surface area contributed by atoms with Gasteiger partial charge < -0.3 is 4.90 Å². The molecule has 21 heavy (non-hydrogen) atoms. The Balaban J connectivity index is 2.18. The highest BCUT2D eigenvalue weighted by Crippen LogP contribution is 2.35. The topological polar surface area (TPSA) is 37.4 Å². The summed E-state index contributed by atoms with van der Waals surface area (Å²) in [7, 11) is 4.01. The summed E-state index contributed by atoms with van der Waals surface area (Å²) >= 11 is 0. The molecule has 2 rings (SSSR count). The van der Waals surface area contributed by atoms with Crippen molar-refractivity contribution in [2.24, 2.45) is 11.3 Å². The van der Waals surface area contributed by atoms with Crippen molar-refractivity contribution < 1.29 is 9.59 Å².